The second kappa shape index (κ2) is 4.73. The molecule has 82 valence electrons. The molecule has 0 saturated heterocycles. The molecular weight excluding hydrogens is 229 g/mol. The molecule has 1 aromatic carbocycles. The van der Waals surface area contributed by atoms with Gasteiger partial charge in [-0.1, -0.05) is 29.6 Å². The maximum absolute atomic E-state index is 6.23. The molecule has 3 heteroatoms. The van der Waals surface area contributed by atoms with Gasteiger partial charge in [-0.25, -0.2) is 0 Å². The molecule has 0 aromatic heterocycles. The van der Waals surface area contributed by atoms with Crippen LogP contribution < -0.4 is 5.32 Å². The monoisotopic (exact) mass is 243 g/mol. The van der Waals surface area contributed by atoms with E-state index in [1.54, 1.807) is 0 Å². The van der Waals surface area contributed by atoms with Crippen molar-refractivity contribution in [2.24, 2.45) is 0 Å². The average Bonchev–Trinajstić information content (AvgIpc) is 2.39. The first-order valence-electron chi connectivity index (χ1n) is 5.37. The van der Waals surface area contributed by atoms with Crippen LogP contribution in [0.1, 0.15) is 36.4 Å². The number of hydrogen-bond acceptors (Lipinski definition) is 1. The third-order valence-corrected chi connectivity index (χ3v) is 3.64. The van der Waals surface area contributed by atoms with Crippen molar-refractivity contribution >= 4 is 23.2 Å². The summed E-state index contributed by atoms with van der Waals surface area (Å²) >= 11 is 12.3. The largest absolute Gasteiger partial charge is 0.313 e. The summed E-state index contributed by atoms with van der Waals surface area (Å²) in [5.41, 5.74) is 2.56. The lowest BCUT2D eigenvalue weighted by atomic mass is 9.99. The Morgan fingerprint density at radius 1 is 1.27 bits per heavy atom. The lowest BCUT2D eigenvalue weighted by Gasteiger charge is -2.18. The number of benzene rings is 1. The molecule has 0 aliphatic heterocycles. The highest BCUT2D eigenvalue weighted by molar-refractivity contribution is 6.35. The standard InChI is InChI=1S/C12H15Cl2N/c1-15-12-5-3-2-4-9-10(12)6-8(13)7-11(9)14/h6-7,12,15H,2-5H2,1H3. The van der Waals surface area contributed by atoms with Gasteiger partial charge in [0, 0.05) is 16.1 Å². The Kier molecular flexibility index (Phi) is 3.55. The zero-order valence-electron chi connectivity index (χ0n) is 8.82. The lowest BCUT2D eigenvalue weighted by molar-refractivity contribution is 0.533. The summed E-state index contributed by atoms with van der Waals surface area (Å²) in [6.45, 7) is 0. The van der Waals surface area contributed by atoms with E-state index >= 15 is 0 Å². The molecule has 1 atom stereocenters. The van der Waals surface area contributed by atoms with Crippen LogP contribution in [0.3, 0.4) is 0 Å². The van der Waals surface area contributed by atoms with Gasteiger partial charge in [0.25, 0.3) is 0 Å². The Morgan fingerprint density at radius 3 is 2.80 bits per heavy atom. The fourth-order valence-corrected chi connectivity index (χ4v) is 2.91. The fraction of sp³-hybridized carbons (Fsp3) is 0.500. The fourth-order valence-electron chi connectivity index (χ4n) is 2.30. The summed E-state index contributed by atoms with van der Waals surface area (Å²) in [6.07, 6.45) is 4.70. The Morgan fingerprint density at radius 2 is 2.07 bits per heavy atom. The Balaban J connectivity index is 2.50. The number of fused-ring (bicyclic) bond motifs is 1. The minimum absolute atomic E-state index is 0.402. The molecule has 0 amide bonds. The van der Waals surface area contributed by atoms with Gasteiger partial charge in [0.2, 0.25) is 0 Å². The van der Waals surface area contributed by atoms with Crippen LogP contribution in [0.2, 0.25) is 10.0 Å². The highest BCUT2D eigenvalue weighted by Crippen LogP contribution is 2.35. The van der Waals surface area contributed by atoms with Gasteiger partial charge in [0.15, 0.2) is 0 Å². The smallest absolute Gasteiger partial charge is 0.0456 e. The van der Waals surface area contributed by atoms with Gasteiger partial charge in [-0.15, -0.1) is 0 Å². The van der Waals surface area contributed by atoms with Crippen molar-refractivity contribution < 1.29 is 0 Å². The van der Waals surface area contributed by atoms with E-state index in [0.29, 0.717) is 6.04 Å². The molecule has 0 fully saturated rings. The minimum atomic E-state index is 0.402. The van der Waals surface area contributed by atoms with E-state index in [1.807, 2.05) is 13.1 Å². The number of halogens is 2. The van der Waals surface area contributed by atoms with Crippen LogP contribution in [0, 0.1) is 0 Å². The van der Waals surface area contributed by atoms with Crippen molar-refractivity contribution in [1.82, 2.24) is 5.32 Å². The molecule has 1 nitrogen and oxygen atoms in total. The predicted octanol–water partition coefficient (Wildman–Crippen LogP) is 3.98. The van der Waals surface area contributed by atoms with Gasteiger partial charge in [-0.3, -0.25) is 0 Å². The van der Waals surface area contributed by atoms with Crippen LogP contribution >= 0.6 is 23.2 Å². The van der Waals surface area contributed by atoms with Crippen molar-refractivity contribution in [1.29, 1.82) is 0 Å². The van der Waals surface area contributed by atoms with Crippen LogP contribution in [0.4, 0.5) is 0 Å². The van der Waals surface area contributed by atoms with E-state index in [4.69, 9.17) is 23.2 Å². The van der Waals surface area contributed by atoms with E-state index < -0.39 is 0 Å². The SMILES string of the molecule is CNC1CCCCc2c(Cl)cc(Cl)cc21. The van der Waals surface area contributed by atoms with Crippen LogP contribution in [0.15, 0.2) is 12.1 Å². The first-order valence-corrected chi connectivity index (χ1v) is 6.13. The van der Waals surface area contributed by atoms with Gasteiger partial charge in [-0.05, 0) is 49.6 Å². The van der Waals surface area contributed by atoms with E-state index in [0.717, 1.165) is 16.5 Å². The van der Waals surface area contributed by atoms with E-state index in [9.17, 15) is 0 Å². The molecule has 1 unspecified atom stereocenters. The topological polar surface area (TPSA) is 12.0 Å². The number of nitrogens with one attached hydrogen (secondary N) is 1. The molecule has 0 saturated carbocycles. The molecule has 0 spiro atoms. The summed E-state index contributed by atoms with van der Waals surface area (Å²) in [5, 5.41) is 4.89. The van der Waals surface area contributed by atoms with E-state index in [1.165, 1.54) is 30.4 Å². The van der Waals surface area contributed by atoms with Crippen molar-refractivity contribution in [2.45, 2.75) is 31.7 Å². The second-order valence-electron chi connectivity index (χ2n) is 4.04. The van der Waals surface area contributed by atoms with Gasteiger partial charge >= 0.3 is 0 Å². The molecule has 0 heterocycles. The molecule has 1 N–H and O–H groups in total. The third-order valence-electron chi connectivity index (χ3n) is 3.09. The Hall–Kier alpha value is -0.240. The van der Waals surface area contributed by atoms with Gasteiger partial charge in [0.1, 0.15) is 0 Å². The predicted molar refractivity (Wildman–Crippen MR) is 65.8 cm³/mol. The maximum Gasteiger partial charge on any atom is 0.0456 e. The highest BCUT2D eigenvalue weighted by Gasteiger charge is 2.19. The molecule has 15 heavy (non-hydrogen) atoms. The zero-order chi connectivity index (χ0) is 10.8. The molecular formula is C12H15Cl2N. The Bertz CT molecular complexity index is 363. The summed E-state index contributed by atoms with van der Waals surface area (Å²) in [6, 6.07) is 4.30. The Labute approximate surface area is 101 Å². The zero-order valence-corrected chi connectivity index (χ0v) is 10.3. The lowest BCUT2D eigenvalue weighted by Crippen LogP contribution is -2.16. The normalized spacial score (nSPS) is 20.9. The molecule has 0 radical (unpaired) electrons. The van der Waals surface area contributed by atoms with Crippen LogP contribution in [0.25, 0.3) is 0 Å². The van der Waals surface area contributed by atoms with Crippen molar-refractivity contribution in [3.05, 3.63) is 33.3 Å². The third kappa shape index (κ3) is 2.30. The number of rotatable bonds is 1. The maximum atomic E-state index is 6.23. The number of hydrogen-bond donors (Lipinski definition) is 1. The van der Waals surface area contributed by atoms with Crippen molar-refractivity contribution in [3.63, 3.8) is 0 Å². The van der Waals surface area contributed by atoms with Gasteiger partial charge in [-0.2, -0.15) is 0 Å². The first-order chi connectivity index (χ1) is 7.22. The molecule has 0 bridgehead atoms. The average molecular weight is 244 g/mol. The summed E-state index contributed by atoms with van der Waals surface area (Å²) in [7, 11) is 1.99. The highest BCUT2D eigenvalue weighted by atomic mass is 35.5. The van der Waals surface area contributed by atoms with Gasteiger partial charge in [0.05, 0.1) is 0 Å². The minimum Gasteiger partial charge on any atom is -0.313 e. The summed E-state index contributed by atoms with van der Waals surface area (Å²) < 4.78 is 0. The van der Waals surface area contributed by atoms with Gasteiger partial charge < -0.3 is 5.32 Å². The molecule has 1 aliphatic rings. The van der Waals surface area contributed by atoms with E-state index in [-0.39, 0.29) is 0 Å². The van der Waals surface area contributed by atoms with Crippen LogP contribution in [-0.2, 0) is 6.42 Å². The molecule has 2 rings (SSSR count). The van der Waals surface area contributed by atoms with Crippen molar-refractivity contribution in [3.8, 4) is 0 Å². The first kappa shape index (κ1) is 11.3. The summed E-state index contributed by atoms with van der Waals surface area (Å²) in [4.78, 5) is 0. The second-order valence-corrected chi connectivity index (χ2v) is 4.89. The van der Waals surface area contributed by atoms with Crippen LogP contribution in [-0.4, -0.2) is 7.05 Å². The molecule has 1 aromatic rings. The quantitative estimate of drug-likeness (QED) is 0.737. The molecule has 1 aliphatic carbocycles. The summed E-state index contributed by atoms with van der Waals surface area (Å²) in [5.74, 6) is 0. The van der Waals surface area contributed by atoms with Crippen molar-refractivity contribution in [2.75, 3.05) is 7.05 Å². The van der Waals surface area contributed by atoms with Crippen LogP contribution in [0.5, 0.6) is 0 Å². The van der Waals surface area contributed by atoms with E-state index in [2.05, 4.69) is 11.4 Å².